The van der Waals surface area contributed by atoms with E-state index < -0.39 is 29.7 Å². The molecule has 7 nitrogen and oxygen atoms in total. The molecule has 20 heavy (non-hydrogen) atoms. The maximum absolute atomic E-state index is 11.0. The Kier molecular flexibility index (Phi) is 5.08. The second-order valence-electron chi connectivity index (χ2n) is 4.09. The van der Waals surface area contributed by atoms with Crippen LogP contribution in [-0.4, -0.2) is 39.8 Å². The van der Waals surface area contributed by atoms with E-state index in [0.29, 0.717) is 5.75 Å². The molecule has 0 aliphatic carbocycles. The molecule has 0 heterocycles. The van der Waals surface area contributed by atoms with Crippen molar-refractivity contribution in [1.29, 1.82) is 0 Å². The van der Waals surface area contributed by atoms with Crippen molar-refractivity contribution in [3.8, 4) is 5.75 Å². The molecular formula is C13H14O7. The van der Waals surface area contributed by atoms with E-state index in [9.17, 15) is 14.4 Å². The summed E-state index contributed by atoms with van der Waals surface area (Å²) in [7, 11) is 0. The van der Waals surface area contributed by atoms with Crippen LogP contribution in [0.2, 0.25) is 0 Å². The minimum Gasteiger partial charge on any atom is -0.494 e. The number of carboxylic acids is 3. The van der Waals surface area contributed by atoms with Gasteiger partial charge in [-0.2, -0.15) is 0 Å². The van der Waals surface area contributed by atoms with Crippen molar-refractivity contribution in [1.82, 2.24) is 0 Å². The summed E-state index contributed by atoms with van der Waals surface area (Å²) in [5.74, 6) is -5.13. The number of carbonyl (C=O) groups is 3. The van der Waals surface area contributed by atoms with E-state index in [-0.39, 0.29) is 13.0 Å². The lowest BCUT2D eigenvalue weighted by molar-refractivity contribution is -0.176. The summed E-state index contributed by atoms with van der Waals surface area (Å²) < 4.78 is 5.26. The van der Waals surface area contributed by atoms with Crippen LogP contribution in [0.15, 0.2) is 30.3 Å². The molecule has 1 rings (SSSR count). The fraction of sp³-hybridized carbons (Fsp3) is 0.308. The molecule has 0 amide bonds. The van der Waals surface area contributed by atoms with Gasteiger partial charge in [-0.3, -0.25) is 14.4 Å². The van der Waals surface area contributed by atoms with Crippen LogP contribution in [0.25, 0.3) is 0 Å². The fourth-order valence-corrected chi connectivity index (χ4v) is 1.64. The minimum atomic E-state index is -2.83. The Morgan fingerprint density at radius 3 is 1.90 bits per heavy atom. The lowest BCUT2D eigenvalue weighted by Crippen LogP contribution is -2.46. The lowest BCUT2D eigenvalue weighted by Gasteiger charge is -2.19. The molecule has 0 saturated heterocycles. The number of para-hydroxylation sites is 1. The zero-order chi connectivity index (χ0) is 15.2. The molecule has 0 aromatic heterocycles. The maximum atomic E-state index is 11.0. The van der Waals surface area contributed by atoms with Crippen LogP contribution >= 0.6 is 0 Å². The quantitative estimate of drug-likeness (QED) is 0.482. The first kappa shape index (κ1) is 15.5. The molecule has 0 bridgehead atoms. The van der Waals surface area contributed by atoms with Crippen molar-refractivity contribution in [2.24, 2.45) is 5.41 Å². The number of hydrogen-bond acceptors (Lipinski definition) is 4. The zero-order valence-corrected chi connectivity index (χ0v) is 10.5. The van der Waals surface area contributed by atoms with Crippen molar-refractivity contribution in [2.45, 2.75) is 12.8 Å². The topological polar surface area (TPSA) is 121 Å². The van der Waals surface area contributed by atoms with Crippen molar-refractivity contribution < 1.29 is 34.4 Å². The van der Waals surface area contributed by atoms with E-state index in [2.05, 4.69) is 0 Å². The average molecular weight is 282 g/mol. The Hall–Kier alpha value is -2.57. The van der Waals surface area contributed by atoms with Gasteiger partial charge in [0.2, 0.25) is 0 Å². The van der Waals surface area contributed by atoms with Crippen LogP contribution in [0.4, 0.5) is 0 Å². The summed E-state index contributed by atoms with van der Waals surface area (Å²) in [5, 5.41) is 26.6. The molecule has 7 heteroatoms. The van der Waals surface area contributed by atoms with Gasteiger partial charge in [-0.05, 0) is 25.0 Å². The first-order valence-corrected chi connectivity index (χ1v) is 5.79. The first-order chi connectivity index (χ1) is 9.41. The van der Waals surface area contributed by atoms with Crippen LogP contribution in [0.1, 0.15) is 12.8 Å². The number of aliphatic carboxylic acids is 3. The lowest BCUT2D eigenvalue weighted by atomic mass is 9.83. The van der Waals surface area contributed by atoms with Gasteiger partial charge in [0.25, 0.3) is 5.41 Å². The Labute approximate surface area is 114 Å². The summed E-state index contributed by atoms with van der Waals surface area (Å²) in [6, 6.07) is 8.63. The third-order valence-corrected chi connectivity index (χ3v) is 2.80. The molecule has 0 saturated carbocycles. The van der Waals surface area contributed by atoms with E-state index >= 15 is 0 Å². The number of hydrogen-bond donors (Lipinski definition) is 3. The molecule has 0 spiro atoms. The summed E-state index contributed by atoms with van der Waals surface area (Å²) in [5.41, 5.74) is -2.83. The molecule has 0 aliphatic heterocycles. The van der Waals surface area contributed by atoms with Crippen LogP contribution in [0.5, 0.6) is 5.75 Å². The first-order valence-electron chi connectivity index (χ1n) is 5.79. The highest BCUT2D eigenvalue weighted by Gasteiger charge is 2.53. The molecule has 0 aliphatic rings. The van der Waals surface area contributed by atoms with Gasteiger partial charge < -0.3 is 20.1 Å². The summed E-state index contributed by atoms with van der Waals surface area (Å²) in [4.78, 5) is 32.9. The number of rotatable bonds is 8. The van der Waals surface area contributed by atoms with Crippen LogP contribution in [0.3, 0.4) is 0 Å². The predicted molar refractivity (Wildman–Crippen MR) is 66.5 cm³/mol. The Morgan fingerprint density at radius 1 is 0.950 bits per heavy atom. The standard InChI is InChI=1S/C13H14O7/c14-10(15)13(11(16)17,12(18)19)7-4-8-20-9-5-2-1-3-6-9/h1-3,5-6H,4,7-8H2,(H,14,15)(H,16,17)(H,18,19). The van der Waals surface area contributed by atoms with Gasteiger partial charge in [-0.15, -0.1) is 0 Å². The second kappa shape index (κ2) is 6.55. The largest absolute Gasteiger partial charge is 0.494 e. The van der Waals surface area contributed by atoms with Crippen molar-refractivity contribution >= 4 is 17.9 Å². The van der Waals surface area contributed by atoms with Crippen LogP contribution < -0.4 is 4.74 Å². The molecule has 0 atom stereocenters. The smallest absolute Gasteiger partial charge is 0.332 e. The average Bonchev–Trinajstić information content (AvgIpc) is 2.38. The van der Waals surface area contributed by atoms with Gasteiger partial charge in [-0.25, -0.2) is 0 Å². The van der Waals surface area contributed by atoms with Crippen molar-refractivity contribution in [3.63, 3.8) is 0 Å². The Balaban J connectivity index is 2.62. The van der Waals surface area contributed by atoms with Gasteiger partial charge >= 0.3 is 17.9 Å². The van der Waals surface area contributed by atoms with Gasteiger partial charge in [0.1, 0.15) is 5.75 Å². The highest BCUT2D eigenvalue weighted by molar-refractivity contribution is 6.16. The minimum absolute atomic E-state index is 0.0141. The van der Waals surface area contributed by atoms with Gasteiger partial charge in [0, 0.05) is 0 Å². The Bertz CT molecular complexity index is 459. The summed E-state index contributed by atoms with van der Waals surface area (Å²) in [6.07, 6.45) is -0.570. The monoisotopic (exact) mass is 282 g/mol. The van der Waals surface area contributed by atoms with Crippen LogP contribution in [0, 0.1) is 5.41 Å². The highest BCUT2D eigenvalue weighted by Crippen LogP contribution is 2.26. The second-order valence-corrected chi connectivity index (χ2v) is 4.09. The van der Waals surface area contributed by atoms with E-state index in [1.54, 1.807) is 30.3 Å². The maximum Gasteiger partial charge on any atom is 0.332 e. The number of carboxylic acid groups (broad SMARTS) is 3. The predicted octanol–water partition coefficient (Wildman–Crippen LogP) is 1.09. The molecule has 1 aromatic carbocycles. The van der Waals surface area contributed by atoms with Crippen molar-refractivity contribution in [2.75, 3.05) is 6.61 Å². The van der Waals surface area contributed by atoms with E-state index in [4.69, 9.17) is 20.1 Å². The SMILES string of the molecule is O=C(O)C(CCCOc1ccccc1)(C(=O)O)C(=O)O. The molecule has 108 valence electrons. The summed E-state index contributed by atoms with van der Waals surface area (Å²) in [6.45, 7) is 0.0274. The van der Waals surface area contributed by atoms with E-state index in [1.807, 2.05) is 0 Å². The number of benzene rings is 1. The molecule has 0 fully saturated rings. The molecule has 3 N–H and O–H groups in total. The molecule has 0 unspecified atom stereocenters. The third-order valence-electron chi connectivity index (χ3n) is 2.80. The molecule has 1 aromatic rings. The van der Waals surface area contributed by atoms with Crippen molar-refractivity contribution in [3.05, 3.63) is 30.3 Å². The van der Waals surface area contributed by atoms with Gasteiger partial charge in [0.05, 0.1) is 6.61 Å². The van der Waals surface area contributed by atoms with Gasteiger partial charge in [-0.1, -0.05) is 18.2 Å². The Morgan fingerprint density at radius 2 is 1.45 bits per heavy atom. The van der Waals surface area contributed by atoms with E-state index in [1.165, 1.54) is 0 Å². The zero-order valence-electron chi connectivity index (χ0n) is 10.5. The normalized spacial score (nSPS) is 10.8. The van der Waals surface area contributed by atoms with E-state index in [0.717, 1.165) is 0 Å². The number of ether oxygens (including phenoxy) is 1. The highest BCUT2D eigenvalue weighted by atomic mass is 16.5. The van der Waals surface area contributed by atoms with Gasteiger partial charge in [0.15, 0.2) is 0 Å². The third kappa shape index (κ3) is 3.25. The van der Waals surface area contributed by atoms with Crippen LogP contribution in [-0.2, 0) is 14.4 Å². The molecule has 0 radical (unpaired) electrons. The summed E-state index contributed by atoms with van der Waals surface area (Å²) >= 11 is 0. The molecular weight excluding hydrogens is 268 g/mol. The fourth-order valence-electron chi connectivity index (χ4n) is 1.64.